The van der Waals surface area contributed by atoms with E-state index in [9.17, 15) is 4.79 Å². The van der Waals surface area contributed by atoms with Crippen LogP contribution in [0.25, 0.3) is 0 Å². The molecular weight excluding hydrogens is 262 g/mol. The highest BCUT2D eigenvalue weighted by Gasteiger charge is 2.21. The Morgan fingerprint density at radius 1 is 1.24 bits per heavy atom. The highest BCUT2D eigenvalue weighted by atomic mass is 16.2. The van der Waals surface area contributed by atoms with Crippen molar-refractivity contribution in [3.63, 3.8) is 0 Å². The summed E-state index contributed by atoms with van der Waals surface area (Å²) in [7, 11) is 0. The molecule has 0 aliphatic heterocycles. The summed E-state index contributed by atoms with van der Waals surface area (Å²) in [5, 5.41) is 3.06. The Bertz CT molecular complexity index is 273. The van der Waals surface area contributed by atoms with E-state index in [0.717, 1.165) is 25.9 Å². The Balaban J connectivity index is 2.41. The van der Waals surface area contributed by atoms with E-state index in [-0.39, 0.29) is 5.91 Å². The number of carbonyl (C=O) groups is 1. The molecule has 4 heteroatoms. The van der Waals surface area contributed by atoms with E-state index in [4.69, 9.17) is 5.73 Å². The quantitative estimate of drug-likeness (QED) is 0.643. The van der Waals surface area contributed by atoms with Crippen molar-refractivity contribution in [2.75, 3.05) is 26.2 Å². The molecule has 0 unspecified atom stereocenters. The first-order valence-electron chi connectivity index (χ1n) is 8.84. The van der Waals surface area contributed by atoms with Crippen molar-refractivity contribution >= 4 is 5.91 Å². The molecule has 0 radical (unpaired) electrons. The molecule has 1 aliphatic carbocycles. The third kappa shape index (κ3) is 8.42. The number of rotatable bonds is 9. The fraction of sp³-hybridized carbons (Fsp3) is 0.941. The van der Waals surface area contributed by atoms with Crippen LogP contribution in [0.3, 0.4) is 0 Å². The fourth-order valence-electron chi connectivity index (χ4n) is 3.05. The van der Waals surface area contributed by atoms with Gasteiger partial charge in [-0.25, -0.2) is 0 Å². The van der Waals surface area contributed by atoms with E-state index in [1.54, 1.807) is 0 Å². The van der Waals surface area contributed by atoms with Gasteiger partial charge in [0, 0.05) is 19.1 Å². The lowest BCUT2D eigenvalue weighted by Gasteiger charge is -2.30. The highest BCUT2D eigenvalue weighted by Crippen LogP contribution is 2.21. The Kier molecular flexibility index (Phi) is 9.68. The average Bonchev–Trinajstić information content (AvgIpc) is 2.72. The maximum Gasteiger partial charge on any atom is 0.234 e. The van der Waals surface area contributed by atoms with Gasteiger partial charge < -0.3 is 11.1 Å². The number of carbonyl (C=O) groups excluding carboxylic acids is 1. The van der Waals surface area contributed by atoms with Crippen molar-refractivity contribution in [3.05, 3.63) is 0 Å². The number of nitrogens with two attached hydrogens (primary N) is 1. The zero-order valence-electron chi connectivity index (χ0n) is 14.1. The molecule has 3 N–H and O–H groups in total. The van der Waals surface area contributed by atoms with E-state index in [1.807, 2.05) is 0 Å². The summed E-state index contributed by atoms with van der Waals surface area (Å²) in [4.78, 5) is 14.5. The lowest BCUT2D eigenvalue weighted by atomic mass is 10.1. The molecule has 21 heavy (non-hydrogen) atoms. The van der Waals surface area contributed by atoms with E-state index in [2.05, 4.69) is 24.1 Å². The molecule has 4 nitrogen and oxygen atoms in total. The number of nitrogens with one attached hydrogen (secondary N) is 1. The second-order valence-corrected chi connectivity index (χ2v) is 6.79. The fourth-order valence-corrected chi connectivity index (χ4v) is 3.05. The van der Waals surface area contributed by atoms with Gasteiger partial charge >= 0.3 is 0 Å². The van der Waals surface area contributed by atoms with Gasteiger partial charge in [-0.05, 0) is 38.1 Å². The molecule has 0 aromatic carbocycles. The van der Waals surface area contributed by atoms with Gasteiger partial charge in [-0.1, -0.05) is 39.5 Å². The number of nitrogens with zero attached hydrogens (tertiary/aromatic N) is 1. The maximum atomic E-state index is 12.1. The second kappa shape index (κ2) is 11.0. The van der Waals surface area contributed by atoms with Crippen LogP contribution in [0.15, 0.2) is 0 Å². The van der Waals surface area contributed by atoms with Gasteiger partial charge in [0.1, 0.15) is 0 Å². The lowest BCUT2D eigenvalue weighted by molar-refractivity contribution is -0.122. The minimum atomic E-state index is 0.178. The van der Waals surface area contributed by atoms with Crippen LogP contribution >= 0.6 is 0 Å². The van der Waals surface area contributed by atoms with Crippen LogP contribution in [0.1, 0.15) is 65.2 Å². The molecule has 124 valence electrons. The predicted octanol–water partition coefficient (Wildman–Crippen LogP) is 2.52. The van der Waals surface area contributed by atoms with Crippen molar-refractivity contribution in [3.8, 4) is 0 Å². The third-order valence-corrected chi connectivity index (χ3v) is 4.38. The summed E-state index contributed by atoms with van der Waals surface area (Å²) in [5.74, 6) is 0.817. The molecule has 0 aromatic rings. The zero-order chi connectivity index (χ0) is 15.5. The van der Waals surface area contributed by atoms with Crippen LogP contribution in [0, 0.1) is 5.92 Å². The Labute approximate surface area is 130 Å². The van der Waals surface area contributed by atoms with Crippen LogP contribution in [0.4, 0.5) is 0 Å². The Morgan fingerprint density at radius 2 is 1.90 bits per heavy atom. The summed E-state index contributed by atoms with van der Waals surface area (Å²) in [6.45, 7) is 7.38. The van der Waals surface area contributed by atoms with Gasteiger partial charge in [0.25, 0.3) is 0 Å². The van der Waals surface area contributed by atoms with E-state index >= 15 is 0 Å². The molecule has 1 aliphatic rings. The van der Waals surface area contributed by atoms with Gasteiger partial charge in [-0.15, -0.1) is 0 Å². The summed E-state index contributed by atoms with van der Waals surface area (Å²) in [6.07, 6.45) is 9.82. The number of hydrogen-bond acceptors (Lipinski definition) is 3. The molecule has 1 rings (SSSR count). The normalized spacial score (nSPS) is 17.2. The maximum absolute atomic E-state index is 12.1. The van der Waals surface area contributed by atoms with Crippen LogP contribution in [0.2, 0.25) is 0 Å². The van der Waals surface area contributed by atoms with Gasteiger partial charge in [-0.2, -0.15) is 0 Å². The minimum Gasteiger partial charge on any atom is -0.355 e. The van der Waals surface area contributed by atoms with Gasteiger partial charge in [0.15, 0.2) is 0 Å². The second-order valence-electron chi connectivity index (χ2n) is 6.79. The number of hydrogen-bond donors (Lipinski definition) is 2. The summed E-state index contributed by atoms with van der Waals surface area (Å²) < 4.78 is 0. The zero-order valence-corrected chi connectivity index (χ0v) is 14.1. The topological polar surface area (TPSA) is 58.4 Å². The van der Waals surface area contributed by atoms with Crippen molar-refractivity contribution in [1.29, 1.82) is 0 Å². The highest BCUT2D eigenvalue weighted by molar-refractivity contribution is 5.78. The summed E-state index contributed by atoms with van der Waals surface area (Å²) >= 11 is 0. The monoisotopic (exact) mass is 297 g/mol. The number of amides is 1. The molecule has 0 heterocycles. The molecule has 0 saturated heterocycles. The molecule has 0 spiro atoms. The lowest BCUT2D eigenvalue weighted by Crippen LogP contribution is -2.44. The van der Waals surface area contributed by atoms with E-state index < -0.39 is 0 Å². The molecule has 0 atom stereocenters. The molecular formula is C17H35N3O. The van der Waals surface area contributed by atoms with Crippen molar-refractivity contribution in [2.24, 2.45) is 11.7 Å². The molecule has 0 aromatic heterocycles. The summed E-state index contributed by atoms with van der Waals surface area (Å²) in [5.41, 5.74) is 5.65. The molecule has 1 amide bonds. The first-order chi connectivity index (χ1) is 10.1. The van der Waals surface area contributed by atoms with Crippen LogP contribution in [0.5, 0.6) is 0 Å². The Morgan fingerprint density at radius 3 is 2.48 bits per heavy atom. The van der Waals surface area contributed by atoms with Gasteiger partial charge in [0.2, 0.25) is 5.91 Å². The van der Waals surface area contributed by atoms with Crippen LogP contribution in [-0.2, 0) is 4.79 Å². The predicted molar refractivity (Wildman–Crippen MR) is 89.2 cm³/mol. The first kappa shape index (κ1) is 18.4. The third-order valence-electron chi connectivity index (χ3n) is 4.38. The smallest absolute Gasteiger partial charge is 0.234 e. The van der Waals surface area contributed by atoms with E-state index in [0.29, 0.717) is 25.0 Å². The van der Waals surface area contributed by atoms with Gasteiger partial charge in [-0.3, -0.25) is 9.69 Å². The standard InChI is InChI=1S/C17H35N3O/c1-15(2)10-12-19-17(21)14-20(13-7-11-18)16-8-5-3-4-6-9-16/h15-16H,3-14,18H2,1-2H3,(H,19,21). The van der Waals surface area contributed by atoms with E-state index in [1.165, 1.54) is 38.5 Å². The largest absolute Gasteiger partial charge is 0.355 e. The first-order valence-corrected chi connectivity index (χ1v) is 8.84. The Hall–Kier alpha value is -0.610. The van der Waals surface area contributed by atoms with Crippen molar-refractivity contribution in [1.82, 2.24) is 10.2 Å². The van der Waals surface area contributed by atoms with Crippen LogP contribution in [-0.4, -0.2) is 43.0 Å². The van der Waals surface area contributed by atoms with Crippen LogP contribution < -0.4 is 11.1 Å². The van der Waals surface area contributed by atoms with Crippen molar-refractivity contribution < 1.29 is 4.79 Å². The molecule has 1 fully saturated rings. The SMILES string of the molecule is CC(C)CCNC(=O)CN(CCCN)C1CCCCCC1. The minimum absolute atomic E-state index is 0.178. The average molecular weight is 297 g/mol. The van der Waals surface area contributed by atoms with Crippen molar-refractivity contribution in [2.45, 2.75) is 71.3 Å². The molecule has 1 saturated carbocycles. The van der Waals surface area contributed by atoms with Gasteiger partial charge in [0.05, 0.1) is 6.54 Å². The summed E-state index contributed by atoms with van der Waals surface area (Å²) in [6, 6.07) is 0.579. The molecule has 0 bridgehead atoms.